The van der Waals surface area contributed by atoms with Crippen LogP contribution in [0, 0.1) is 0 Å². The van der Waals surface area contributed by atoms with Gasteiger partial charge in [0.15, 0.2) is 11.6 Å². The summed E-state index contributed by atoms with van der Waals surface area (Å²) < 4.78 is 5.49. The van der Waals surface area contributed by atoms with E-state index in [1.807, 2.05) is 12.1 Å². The maximum Gasteiger partial charge on any atom is 0.243 e. The number of nitrogens with zero attached hydrogens (tertiary/aromatic N) is 6. The SMILES string of the molecule is CC(c1nc(C2CC2)no1)N(C)CC1CCCN1c1cccnn1. The molecule has 7 heteroatoms. The molecule has 1 aliphatic carbocycles. The van der Waals surface area contributed by atoms with Crippen molar-refractivity contribution in [1.82, 2.24) is 25.2 Å². The molecule has 2 unspecified atom stereocenters. The predicted molar refractivity (Wildman–Crippen MR) is 89.7 cm³/mol. The van der Waals surface area contributed by atoms with Gasteiger partial charge >= 0.3 is 0 Å². The van der Waals surface area contributed by atoms with Crippen LogP contribution < -0.4 is 4.90 Å². The molecule has 128 valence electrons. The fraction of sp³-hybridized carbons (Fsp3) is 0.647. The molecule has 1 saturated heterocycles. The zero-order valence-corrected chi connectivity index (χ0v) is 14.3. The lowest BCUT2D eigenvalue weighted by Gasteiger charge is -2.31. The molecule has 0 aromatic carbocycles. The van der Waals surface area contributed by atoms with E-state index in [-0.39, 0.29) is 6.04 Å². The summed E-state index contributed by atoms with van der Waals surface area (Å²) >= 11 is 0. The molecule has 2 atom stereocenters. The van der Waals surface area contributed by atoms with Gasteiger partial charge in [0.1, 0.15) is 0 Å². The van der Waals surface area contributed by atoms with Crippen LogP contribution in [-0.2, 0) is 0 Å². The summed E-state index contributed by atoms with van der Waals surface area (Å²) in [6.45, 7) is 4.11. The molecular weight excluding hydrogens is 304 g/mol. The van der Waals surface area contributed by atoms with Crippen molar-refractivity contribution in [2.45, 2.75) is 50.6 Å². The smallest absolute Gasteiger partial charge is 0.243 e. The summed E-state index contributed by atoms with van der Waals surface area (Å²) in [6, 6.07) is 4.55. The standard InChI is InChI=1S/C17H24N6O/c1-12(17-19-16(21-24-17)13-7-8-13)22(2)11-14-5-4-10-23(14)15-6-3-9-18-20-15/h3,6,9,12-14H,4-5,7-8,10-11H2,1-2H3. The lowest BCUT2D eigenvalue weighted by Crippen LogP contribution is -2.40. The molecule has 7 nitrogen and oxygen atoms in total. The quantitative estimate of drug-likeness (QED) is 0.806. The molecule has 24 heavy (non-hydrogen) atoms. The van der Waals surface area contributed by atoms with Crippen molar-refractivity contribution >= 4 is 5.82 Å². The van der Waals surface area contributed by atoms with Crippen molar-refractivity contribution in [2.24, 2.45) is 0 Å². The number of hydrogen-bond acceptors (Lipinski definition) is 7. The van der Waals surface area contributed by atoms with Gasteiger partial charge in [-0.25, -0.2) is 0 Å². The Morgan fingerprint density at radius 1 is 1.38 bits per heavy atom. The first-order valence-electron chi connectivity index (χ1n) is 8.80. The van der Waals surface area contributed by atoms with Gasteiger partial charge in [0.05, 0.1) is 6.04 Å². The summed E-state index contributed by atoms with van der Waals surface area (Å²) in [6.07, 6.45) is 6.47. The Labute approximate surface area is 142 Å². The third-order valence-electron chi connectivity index (χ3n) is 5.15. The molecule has 2 aromatic heterocycles. The van der Waals surface area contributed by atoms with Crippen LogP contribution in [0.1, 0.15) is 56.3 Å². The lowest BCUT2D eigenvalue weighted by atomic mass is 10.2. The zero-order chi connectivity index (χ0) is 16.5. The van der Waals surface area contributed by atoms with Gasteiger partial charge in [-0.3, -0.25) is 4.90 Å². The van der Waals surface area contributed by atoms with E-state index in [4.69, 9.17) is 4.52 Å². The topological polar surface area (TPSA) is 71.2 Å². The van der Waals surface area contributed by atoms with Gasteiger partial charge in [-0.1, -0.05) is 5.16 Å². The Hall–Kier alpha value is -2.02. The molecule has 2 aromatic rings. The Morgan fingerprint density at radius 2 is 2.25 bits per heavy atom. The highest BCUT2D eigenvalue weighted by Crippen LogP contribution is 2.38. The number of anilines is 1. The molecule has 0 amide bonds. The average molecular weight is 328 g/mol. The van der Waals surface area contributed by atoms with E-state index in [2.05, 4.69) is 44.1 Å². The summed E-state index contributed by atoms with van der Waals surface area (Å²) in [7, 11) is 2.12. The normalized spacial score (nSPS) is 22.3. The van der Waals surface area contributed by atoms with E-state index >= 15 is 0 Å². The van der Waals surface area contributed by atoms with Crippen molar-refractivity contribution in [1.29, 1.82) is 0 Å². The van der Waals surface area contributed by atoms with Gasteiger partial charge in [0.25, 0.3) is 0 Å². The van der Waals surface area contributed by atoms with E-state index in [1.165, 1.54) is 25.7 Å². The maximum atomic E-state index is 5.49. The van der Waals surface area contributed by atoms with Crippen molar-refractivity contribution in [3.63, 3.8) is 0 Å². The largest absolute Gasteiger partial charge is 0.351 e. The van der Waals surface area contributed by atoms with Crippen LogP contribution in [0.4, 0.5) is 5.82 Å². The van der Waals surface area contributed by atoms with E-state index in [0.29, 0.717) is 12.0 Å². The molecular formula is C17H24N6O. The van der Waals surface area contributed by atoms with E-state index in [0.717, 1.165) is 30.6 Å². The number of likely N-dealkylation sites (N-methyl/N-ethyl adjacent to an activating group) is 1. The van der Waals surface area contributed by atoms with Crippen molar-refractivity contribution in [3.8, 4) is 0 Å². The van der Waals surface area contributed by atoms with Gasteiger partial charge in [0.2, 0.25) is 5.89 Å². The minimum atomic E-state index is 0.120. The summed E-state index contributed by atoms with van der Waals surface area (Å²) in [5, 5.41) is 12.4. The molecule has 0 radical (unpaired) electrons. The van der Waals surface area contributed by atoms with Crippen LogP contribution in [-0.4, -0.2) is 51.4 Å². The second kappa shape index (κ2) is 6.47. The van der Waals surface area contributed by atoms with E-state index < -0.39 is 0 Å². The molecule has 0 spiro atoms. The van der Waals surface area contributed by atoms with Gasteiger partial charge in [-0.05, 0) is 51.8 Å². The fourth-order valence-corrected chi connectivity index (χ4v) is 3.38. The first kappa shape index (κ1) is 15.5. The molecule has 1 saturated carbocycles. The molecule has 0 N–H and O–H groups in total. The van der Waals surface area contributed by atoms with Crippen LogP contribution in [0.25, 0.3) is 0 Å². The molecule has 0 bridgehead atoms. The van der Waals surface area contributed by atoms with Gasteiger partial charge in [-0.2, -0.15) is 10.1 Å². The molecule has 1 aliphatic heterocycles. The molecule has 2 aliphatic rings. The zero-order valence-electron chi connectivity index (χ0n) is 14.3. The van der Waals surface area contributed by atoms with Crippen LogP contribution >= 0.6 is 0 Å². The monoisotopic (exact) mass is 328 g/mol. The minimum absolute atomic E-state index is 0.120. The molecule has 3 heterocycles. The van der Waals surface area contributed by atoms with Crippen LogP contribution in [0.2, 0.25) is 0 Å². The molecule has 2 fully saturated rings. The third kappa shape index (κ3) is 3.13. The fourth-order valence-electron chi connectivity index (χ4n) is 3.38. The molecule has 4 rings (SSSR count). The van der Waals surface area contributed by atoms with E-state index in [1.54, 1.807) is 6.20 Å². The Bertz CT molecular complexity index is 671. The van der Waals surface area contributed by atoms with Gasteiger partial charge in [0, 0.05) is 31.2 Å². The summed E-state index contributed by atoms with van der Waals surface area (Å²) in [5.74, 6) is 3.10. The van der Waals surface area contributed by atoms with Gasteiger partial charge < -0.3 is 9.42 Å². The highest BCUT2D eigenvalue weighted by Gasteiger charge is 2.32. The predicted octanol–water partition coefficient (Wildman–Crippen LogP) is 2.40. The Balaban J connectivity index is 1.41. The Morgan fingerprint density at radius 3 is 3.00 bits per heavy atom. The summed E-state index contributed by atoms with van der Waals surface area (Å²) in [5.41, 5.74) is 0. The number of rotatable bonds is 6. The van der Waals surface area contributed by atoms with Crippen LogP contribution in [0.15, 0.2) is 22.9 Å². The van der Waals surface area contributed by atoms with Crippen LogP contribution in [0.5, 0.6) is 0 Å². The Kier molecular flexibility index (Phi) is 4.18. The minimum Gasteiger partial charge on any atom is -0.351 e. The van der Waals surface area contributed by atoms with Crippen molar-refractivity contribution in [3.05, 3.63) is 30.0 Å². The highest BCUT2D eigenvalue weighted by atomic mass is 16.5. The number of hydrogen-bond donors (Lipinski definition) is 0. The van der Waals surface area contributed by atoms with Crippen molar-refractivity contribution < 1.29 is 4.52 Å². The number of aromatic nitrogens is 4. The first-order chi connectivity index (χ1) is 11.7. The van der Waals surface area contributed by atoms with E-state index in [9.17, 15) is 0 Å². The second-order valence-electron chi connectivity index (χ2n) is 6.95. The first-order valence-corrected chi connectivity index (χ1v) is 8.80. The summed E-state index contributed by atoms with van der Waals surface area (Å²) in [4.78, 5) is 9.25. The van der Waals surface area contributed by atoms with Crippen LogP contribution in [0.3, 0.4) is 0 Å². The highest BCUT2D eigenvalue weighted by molar-refractivity contribution is 5.39. The lowest BCUT2D eigenvalue weighted by molar-refractivity contribution is 0.199. The average Bonchev–Trinajstić information content (AvgIpc) is 3.16. The van der Waals surface area contributed by atoms with Gasteiger partial charge in [-0.15, -0.1) is 5.10 Å². The van der Waals surface area contributed by atoms with Crippen molar-refractivity contribution in [2.75, 3.05) is 25.0 Å². The third-order valence-corrected chi connectivity index (χ3v) is 5.15. The second-order valence-corrected chi connectivity index (χ2v) is 6.95. The maximum absolute atomic E-state index is 5.49.